The van der Waals surface area contributed by atoms with E-state index in [2.05, 4.69) is 5.32 Å². The molecule has 0 saturated heterocycles. The standard InChI is InChI=1S/C25H25N3O4S/c1-15-10-18-21(11-16(15)2)28(25(30)13-20(26-18)23-6-5-9-33-23)14-24(29)27-19-12-17(31-3)7-8-22(19)32-4/h5-12H,13-14H2,1-4H3,(H,27,29). The number of nitrogens with one attached hydrogen (secondary N) is 1. The summed E-state index contributed by atoms with van der Waals surface area (Å²) in [4.78, 5) is 33.6. The monoisotopic (exact) mass is 463 g/mol. The van der Waals surface area contributed by atoms with Gasteiger partial charge in [0.15, 0.2) is 0 Å². The number of aliphatic imine (C=N–C) groups is 1. The topological polar surface area (TPSA) is 80.2 Å². The van der Waals surface area contributed by atoms with Crippen molar-refractivity contribution < 1.29 is 19.1 Å². The maximum Gasteiger partial charge on any atom is 0.244 e. The zero-order valence-corrected chi connectivity index (χ0v) is 19.8. The van der Waals surface area contributed by atoms with Crippen molar-refractivity contribution in [3.05, 3.63) is 63.8 Å². The number of hydrogen-bond acceptors (Lipinski definition) is 6. The number of ether oxygens (including phenoxy) is 2. The summed E-state index contributed by atoms with van der Waals surface area (Å²) in [5, 5.41) is 4.81. The van der Waals surface area contributed by atoms with E-state index in [9.17, 15) is 9.59 Å². The van der Waals surface area contributed by atoms with Crippen LogP contribution in [0.2, 0.25) is 0 Å². The van der Waals surface area contributed by atoms with Crippen LogP contribution in [-0.2, 0) is 9.59 Å². The van der Waals surface area contributed by atoms with E-state index in [0.717, 1.165) is 16.0 Å². The Hall–Kier alpha value is -3.65. The molecule has 0 unspecified atom stereocenters. The average Bonchev–Trinajstić information content (AvgIpc) is 3.30. The Kier molecular flexibility index (Phi) is 6.46. The second-order valence-electron chi connectivity index (χ2n) is 7.73. The van der Waals surface area contributed by atoms with Gasteiger partial charge >= 0.3 is 0 Å². The predicted molar refractivity (Wildman–Crippen MR) is 132 cm³/mol. The van der Waals surface area contributed by atoms with Crippen molar-refractivity contribution in [2.24, 2.45) is 4.99 Å². The zero-order chi connectivity index (χ0) is 23.5. The first-order chi connectivity index (χ1) is 15.9. The molecule has 0 fully saturated rings. The summed E-state index contributed by atoms with van der Waals surface area (Å²) in [5.74, 6) is 0.555. The maximum absolute atomic E-state index is 13.3. The number of nitrogens with zero attached hydrogens (tertiary/aromatic N) is 2. The molecular formula is C25H25N3O4S. The number of carbonyl (C=O) groups excluding carboxylic acids is 2. The highest BCUT2D eigenvalue weighted by Gasteiger charge is 2.28. The van der Waals surface area contributed by atoms with Gasteiger partial charge in [-0.25, -0.2) is 4.99 Å². The molecule has 0 saturated carbocycles. The molecule has 0 radical (unpaired) electrons. The molecule has 2 heterocycles. The van der Waals surface area contributed by atoms with Crippen LogP contribution in [0.4, 0.5) is 17.1 Å². The summed E-state index contributed by atoms with van der Waals surface area (Å²) in [6.45, 7) is 3.84. The molecule has 2 aromatic carbocycles. The van der Waals surface area contributed by atoms with Crippen molar-refractivity contribution in [1.29, 1.82) is 0 Å². The first-order valence-corrected chi connectivity index (χ1v) is 11.3. The van der Waals surface area contributed by atoms with Gasteiger partial charge in [-0.2, -0.15) is 0 Å². The number of amides is 2. The number of methoxy groups -OCH3 is 2. The first kappa shape index (κ1) is 22.5. The molecule has 0 atom stereocenters. The van der Waals surface area contributed by atoms with Gasteiger partial charge in [-0.15, -0.1) is 11.3 Å². The van der Waals surface area contributed by atoms with Crippen LogP contribution >= 0.6 is 11.3 Å². The van der Waals surface area contributed by atoms with E-state index in [1.165, 1.54) is 12.0 Å². The van der Waals surface area contributed by atoms with Crippen LogP contribution in [0.15, 0.2) is 52.8 Å². The number of anilines is 2. The lowest BCUT2D eigenvalue weighted by atomic mass is 10.1. The Morgan fingerprint density at radius 1 is 1.12 bits per heavy atom. The van der Waals surface area contributed by atoms with E-state index in [0.29, 0.717) is 34.3 Å². The molecule has 0 bridgehead atoms. The van der Waals surface area contributed by atoms with Crippen molar-refractivity contribution in [2.45, 2.75) is 20.3 Å². The van der Waals surface area contributed by atoms with Gasteiger partial charge in [0, 0.05) is 10.9 Å². The summed E-state index contributed by atoms with van der Waals surface area (Å²) >= 11 is 1.54. The maximum atomic E-state index is 13.3. The van der Waals surface area contributed by atoms with Crippen molar-refractivity contribution >= 4 is 45.9 Å². The van der Waals surface area contributed by atoms with Crippen LogP contribution in [0.3, 0.4) is 0 Å². The quantitative estimate of drug-likeness (QED) is 0.565. The fourth-order valence-corrected chi connectivity index (χ4v) is 4.37. The SMILES string of the molecule is COc1ccc(OC)c(NC(=O)CN2C(=O)CC(c3cccs3)=Nc3cc(C)c(C)cc32)c1. The van der Waals surface area contributed by atoms with Gasteiger partial charge in [0.1, 0.15) is 18.0 Å². The number of thiophene rings is 1. The van der Waals surface area contributed by atoms with E-state index < -0.39 is 0 Å². The highest BCUT2D eigenvalue weighted by atomic mass is 32.1. The van der Waals surface area contributed by atoms with Crippen LogP contribution in [0, 0.1) is 13.8 Å². The molecule has 1 aliphatic rings. The van der Waals surface area contributed by atoms with Gasteiger partial charge in [-0.05, 0) is 60.7 Å². The summed E-state index contributed by atoms with van der Waals surface area (Å²) < 4.78 is 10.6. The fraction of sp³-hybridized carbons (Fsp3) is 0.240. The summed E-state index contributed by atoms with van der Waals surface area (Å²) in [6.07, 6.45) is 0.114. The third kappa shape index (κ3) is 4.75. The number of fused-ring (bicyclic) bond motifs is 1. The lowest BCUT2D eigenvalue weighted by Crippen LogP contribution is -2.38. The molecule has 7 nitrogen and oxygen atoms in total. The third-order valence-corrected chi connectivity index (χ3v) is 6.46. The predicted octanol–water partition coefficient (Wildman–Crippen LogP) is 4.88. The molecular weight excluding hydrogens is 438 g/mol. The highest BCUT2D eigenvalue weighted by Crippen LogP contribution is 2.36. The minimum absolute atomic E-state index is 0.114. The molecule has 33 heavy (non-hydrogen) atoms. The molecule has 0 aliphatic carbocycles. The van der Waals surface area contributed by atoms with E-state index in [4.69, 9.17) is 14.5 Å². The van der Waals surface area contributed by atoms with Gasteiger partial charge in [-0.3, -0.25) is 9.59 Å². The molecule has 3 aromatic rings. The van der Waals surface area contributed by atoms with Crippen LogP contribution in [0.5, 0.6) is 11.5 Å². The first-order valence-electron chi connectivity index (χ1n) is 10.4. The third-order valence-electron chi connectivity index (χ3n) is 5.54. The number of aryl methyl sites for hydroxylation is 2. The molecule has 170 valence electrons. The Morgan fingerprint density at radius 2 is 1.91 bits per heavy atom. The van der Waals surface area contributed by atoms with E-state index >= 15 is 0 Å². The second-order valence-corrected chi connectivity index (χ2v) is 8.68. The number of carbonyl (C=O) groups is 2. The lowest BCUT2D eigenvalue weighted by Gasteiger charge is -2.23. The van der Waals surface area contributed by atoms with Crippen LogP contribution in [0.1, 0.15) is 22.4 Å². The minimum atomic E-state index is -0.348. The van der Waals surface area contributed by atoms with Crippen LogP contribution < -0.4 is 19.7 Å². The van der Waals surface area contributed by atoms with Crippen molar-refractivity contribution in [2.75, 3.05) is 31.0 Å². The average molecular weight is 464 g/mol. The van der Waals surface area contributed by atoms with Gasteiger partial charge in [-0.1, -0.05) is 6.07 Å². The number of benzene rings is 2. The number of hydrogen-bond donors (Lipinski definition) is 1. The molecule has 2 amide bonds. The summed E-state index contributed by atoms with van der Waals surface area (Å²) in [5.41, 5.74) is 4.58. The summed E-state index contributed by atoms with van der Waals surface area (Å²) in [6, 6.07) is 12.9. The smallest absolute Gasteiger partial charge is 0.244 e. The van der Waals surface area contributed by atoms with Crippen molar-refractivity contribution in [1.82, 2.24) is 0 Å². The molecule has 1 aromatic heterocycles. The minimum Gasteiger partial charge on any atom is -0.497 e. The Labute approximate surface area is 196 Å². The van der Waals surface area contributed by atoms with Gasteiger partial charge < -0.3 is 19.7 Å². The lowest BCUT2D eigenvalue weighted by molar-refractivity contribution is -0.120. The van der Waals surface area contributed by atoms with E-state index in [1.807, 2.05) is 43.5 Å². The highest BCUT2D eigenvalue weighted by molar-refractivity contribution is 7.12. The molecule has 1 N–H and O–H groups in total. The van der Waals surface area contributed by atoms with Crippen molar-refractivity contribution in [3.63, 3.8) is 0 Å². The normalized spacial score (nSPS) is 13.2. The van der Waals surface area contributed by atoms with Gasteiger partial charge in [0.05, 0.1) is 43.4 Å². The van der Waals surface area contributed by atoms with E-state index in [1.54, 1.807) is 36.6 Å². The largest absolute Gasteiger partial charge is 0.497 e. The van der Waals surface area contributed by atoms with Gasteiger partial charge in [0.25, 0.3) is 0 Å². The Morgan fingerprint density at radius 3 is 2.61 bits per heavy atom. The summed E-state index contributed by atoms with van der Waals surface area (Å²) in [7, 11) is 3.08. The Balaban J connectivity index is 1.66. The number of rotatable bonds is 6. The van der Waals surface area contributed by atoms with E-state index in [-0.39, 0.29) is 24.8 Å². The fourth-order valence-electron chi connectivity index (χ4n) is 3.65. The second kappa shape index (κ2) is 9.46. The molecule has 8 heteroatoms. The molecule has 1 aliphatic heterocycles. The zero-order valence-electron chi connectivity index (χ0n) is 19.0. The Bertz CT molecular complexity index is 1230. The molecule has 4 rings (SSSR count). The molecule has 0 spiro atoms. The van der Waals surface area contributed by atoms with Crippen LogP contribution in [0.25, 0.3) is 0 Å². The van der Waals surface area contributed by atoms with Crippen molar-refractivity contribution in [3.8, 4) is 11.5 Å². The van der Waals surface area contributed by atoms with Gasteiger partial charge in [0.2, 0.25) is 11.8 Å². The van der Waals surface area contributed by atoms with Crippen LogP contribution in [-0.4, -0.2) is 38.3 Å².